The molecule has 0 aromatic rings. The summed E-state index contributed by atoms with van der Waals surface area (Å²) in [5, 5.41) is 0. The van der Waals surface area contributed by atoms with E-state index in [4.69, 9.17) is 0 Å². The van der Waals surface area contributed by atoms with Crippen LogP contribution in [0.5, 0.6) is 0 Å². The minimum Gasteiger partial charge on any atom is -0.245 e. The molecule has 2 unspecified atom stereocenters. The summed E-state index contributed by atoms with van der Waals surface area (Å²) in [5.74, 6) is -13.8. The lowest BCUT2D eigenvalue weighted by atomic mass is 9.85. The van der Waals surface area contributed by atoms with E-state index in [9.17, 15) is 43.9 Å². The normalized spacial score (nSPS) is 15.8. The lowest BCUT2D eigenvalue weighted by Crippen LogP contribution is -2.65. The molecule has 0 aromatic carbocycles. The number of ether oxygens (including phenoxy) is 1. The summed E-state index contributed by atoms with van der Waals surface area (Å²) in [5.41, 5.74) is -10.8. The van der Waals surface area contributed by atoms with Crippen LogP contribution in [0.1, 0.15) is 219 Å². The highest BCUT2D eigenvalue weighted by atomic mass is 19.4. The Kier molecular flexibility index (Phi) is 29.8. The van der Waals surface area contributed by atoms with Crippen LogP contribution in [0.2, 0.25) is 0 Å². The molecule has 17 heteroatoms. The second kappa shape index (κ2) is 30.6. The fourth-order valence-electron chi connectivity index (χ4n) is 7.46. The first-order chi connectivity index (χ1) is 29.2. The zero-order valence-electron chi connectivity index (χ0n) is 37.4. The first-order valence-electron chi connectivity index (χ1n) is 23.3. The van der Waals surface area contributed by atoms with Crippen molar-refractivity contribution < 1.29 is 75.0 Å². The Bertz CT molecular complexity index is 1110. The third-order valence-corrected chi connectivity index (χ3v) is 11.2. The molecule has 63 heavy (non-hydrogen) atoms. The summed E-state index contributed by atoms with van der Waals surface area (Å²) in [6, 6.07) is 0. The fraction of sp³-hybridized carbons (Fsp3) is 0.913. The molecular formula is C46H74F16O. The van der Waals surface area contributed by atoms with Gasteiger partial charge >= 0.3 is 36.4 Å². The lowest BCUT2D eigenvalue weighted by molar-refractivity contribution is -0.492. The number of unbranched alkanes of at least 4 members (excludes halogenated alkanes) is 24. The van der Waals surface area contributed by atoms with Gasteiger partial charge in [-0.2, -0.15) is 61.5 Å². The molecule has 0 radical (unpaired) electrons. The maximum Gasteiger partial charge on any atom is 0.427 e. The summed E-state index contributed by atoms with van der Waals surface area (Å²) < 4.78 is 232. The van der Waals surface area contributed by atoms with Crippen LogP contribution in [-0.4, -0.2) is 47.8 Å². The summed E-state index contributed by atoms with van der Waals surface area (Å²) in [6.45, 7) is 4.25. The van der Waals surface area contributed by atoms with Crippen molar-refractivity contribution in [3.8, 4) is 0 Å². The van der Waals surface area contributed by atoms with Crippen LogP contribution in [0.3, 0.4) is 0 Å². The van der Waals surface area contributed by atoms with Crippen molar-refractivity contribution in [1.82, 2.24) is 0 Å². The first-order valence-corrected chi connectivity index (χ1v) is 23.3. The Hall–Kier alpha value is -1.68. The minimum absolute atomic E-state index is 0.140. The maximum atomic E-state index is 15.5. The number of halogens is 16. The van der Waals surface area contributed by atoms with Crippen molar-refractivity contribution in [3.05, 3.63) is 24.3 Å². The fourth-order valence-corrected chi connectivity index (χ4v) is 7.46. The number of rotatable bonds is 40. The van der Waals surface area contributed by atoms with Crippen LogP contribution in [0.25, 0.3) is 0 Å². The van der Waals surface area contributed by atoms with Crippen LogP contribution in [0, 0.1) is 0 Å². The van der Waals surface area contributed by atoms with E-state index in [1.54, 1.807) is 0 Å². The van der Waals surface area contributed by atoms with Crippen LogP contribution in [-0.2, 0) is 4.74 Å². The van der Waals surface area contributed by atoms with Crippen molar-refractivity contribution in [2.24, 2.45) is 0 Å². The van der Waals surface area contributed by atoms with Crippen molar-refractivity contribution in [1.29, 1.82) is 0 Å². The van der Waals surface area contributed by atoms with E-state index in [0.29, 0.717) is 51.4 Å². The predicted molar refractivity (Wildman–Crippen MR) is 218 cm³/mol. The monoisotopic (exact) mass is 947 g/mol. The van der Waals surface area contributed by atoms with Gasteiger partial charge in [-0.3, -0.25) is 0 Å². The molecule has 0 saturated heterocycles. The zero-order chi connectivity index (χ0) is 48.2. The smallest absolute Gasteiger partial charge is 0.245 e. The van der Waals surface area contributed by atoms with Crippen molar-refractivity contribution in [2.45, 2.75) is 267 Å². The molecule has 0 spiro atoms. The van der Waals surface area contributed by atoms with E-state index >= 15 is 26.3 Å². The summed E-state index contributed by atoms with van der Waals surface area (Å²) in [4.78, 5) is 0. The molecule has 0 N–H and O–H groups in total. The third-order valence-electron chi connectivity index (χ3n) is 11.2. The Morgan fingerprint density at radius 2 is 0.524 bits per heavy atom. The minimum atomic E-state index is -7.19. The van der Waals surface area contributed by atoms with E-state index in [2.05, 4.69) is 18.6 Å². The van der Waals surface area contributed by atoms with Gasteiger partial charge in [-0.15, -0.1) is 0 Å². The van der Waals surface area contributed by atoms with Gasteiger partial charge in [0.2, 0.25) is 0 Å². The van der Waals surface area contributed by atoms with Crippen LogP contribution in [0.15, 0.2) is 24.3 Å². The largest absolute Gasteiger partial charge is 0.427 e. The molecule has 2 atom stereocenters. The highest BCUT2D eigenvalue weighted by Crippen LogP contribution is 2.58. The Balaban J connectivity index is 5.39. The summed E-state index contributed by atoms with van der Waals surface area (Å²) >= 11 is 0. The van der Waals surface area contributed by atoms with Gasteiger partial charge in [-0.05, 0) is 64.2 Å². The average molecular weight is 947 g/mol. The van der Waals surface area contributed by atoms with Crippen LogP contribution < -0.4 is 0 Å². The molecule has 376 valence electrons. The molecule has 0 fully saturated rings. The molecule has 0 rings (SSSR count). The molecule has 0 aliphatic heterocycles. The third kappa shape index (κ3) is 25.1. The van der Waals surface area contributed by atoms with Gasteiger partial charge in [-0.25, -0.2) is 13.5 Å². The van der Waals surface area contributed by atoms with Gasteiger partial charge in [0, 0.05) is 0 Å². The molecule has 0 amide bonds. The topological polar surface area (TPSA) is 9.23 Å². The summed E-state index contributed by atoms with van der Waals surface area (Å²) in [7, 11) is 0. The maximum absolute atomic E-state index is 15.5. The Morgan fingerprint density at radius 1 is 0.302 bits per heavy atom. The SMILES string of the molecule is CCCCCCCC/C=C\CCCCCCCCC(F)(CC(F)(F)F)C(F)(F)C(F)(F)OC(F)(F)C(F)(F)C(F)(CCCCCCCC/C=C\CCCCCCCC)CC(F)(F)F. The molecule has 1 nitrogen and oxygen atoms in total. The second-order valence-electron chi connectivity index (χ2n) is 17.2. The highest BCUT2D eigenvalue weighted by Gasteiger charge is 2.80. The molecule has 0 heterocycles. The van der Waals surface area contributed by atoms with Crippen LogP contribution >= 0.6 is 0 Å². The second-order valence-corrected chi connectivity index (χ2v) is 17.2. The van der Waals surface area contributed by atoms with E-state index in [1.165, 1.54) is 25.7 Å². The van der Waals surface area contributed by atoms with Crippen molar-refractivity contribution in [2.75, 3.05) is 0 Å². The summed E-state index contributed by atoms with van der Waals surface area (Å²) in [6.07, 6.45) is -10.6. The van der Waals surface area contributed by atoms with Gasteiger partial charge in [-0.1, -0.05) is 167 Å². The van der Waals surface area contributed by atoms with Gasteiger partial charge < -0.3 is 0 Å². The van der Waals surface area contributed by atoms with Crippen molar-refractivity contribution in [3.63, 3.8) is 0 Å². The number of allylic oxidation sites excluding steroid dienone is 4. The number of alkyl halides is 16. The van der Waals surface area contributed by atoms with Gasteiger partial charge in [0.15, 0.2) is 11.3 Å². The van der Waals surface area contributed by atoms with Gasteiger partial charge in [0.1, 0.15) is 0 Å². The lowest BCUT2D eigenvalue weighted by Gasteiger charge is -2.42. The van der Waals surface area contributed by atoms with Crippen molar-refractivity contribution >= 4 is 0 Å². The predicted octanol–water partition coefficient (Wildman–Crippen LogP) is 19.6. The quantitative estimate of drug-likeness (QED) is 0.0338. The molecule has 0 saturated carbocycles. The van der Waals surface area contributed by atoms with E-state index in [1.807, 2.05) is 24.3 Å². The Labute approximate surface area is 366 Å². The van der Waals surface area contributed by atoms with Gasteiger partial charge in [0.05, 0.1) is 12.8 Å². The standard InChI is InChI=1S/C46H74F16O/c1-3-5-7-9-11-13-15-17-19-21-23-25-27-29-31-33-35-39(47,37-41(49,50)51)43(55,56)45(59,60)63-46(61,62)44(57,58)40(48,38-42(52,53)54)36-34-32-30-28-26-24-22-20-18-16-14-12-10-8-6-4-2/h17-20H,3-16,21-38H2,1-2H3/b19-17-,20-18-. The first kappa shape index (κ1) is 61.3. The van der Waals surface area contributed by atoms with Crippen LogP contribution in [0.4, 0.5) is 70.2 Å². The van der Waals surface area contributed by atoms with E-state index in [0.717, 1.165) is 64.2 Å². The number of hydrogen-bond donors (Lipinski definition) is 0. The molecule has 0 bridgehead atoms. The zero-order valence-corrected chi connectivity index (χ0v) is 37.4. The van der Waals surface area contributed by atoms with Gasteiger partial charge in [0.25, 0.3) is 0 Å². The molecule has 0 aliphatic rings. The Morgan fingerprint density at radius 3 is 0.762 bits per heavy atom. The molecular weight excluding hydrogens is 872 g/mol. The molecule has 0 aromatic heterocycles. The molecule has 0 aliphatic carbocycles. The van der Waals surface area contributed by atoms with E-state index in [-0.39, 0.29) is 25.7 Å². The average Bonchev–Trinajstić information content (AvgIpc) is 3.15. The number of hydrogen-bond acceptors (Lipinski definition) is 1. The van der Waals surface area contributed by atoms with E-state index < -0.39 is 86.3 Å². The highest BCUT2D eigenvalue weighted by molar-refractivity contribution is 5.04.